The SMILES string of the molecule is NC(Cc1ccccc1)C(=O)c1ccc(CC(C(=O)O)N(NCCCl)NCCCl)cc1. The van der Waals surface area contributed by atoms with Crippen molar-refractivity contribution in [3.8, 4) is 0 Å². The second-order valence-electron chi connectivity index (χ2n) is 6.98. The lowest BCUT2D eigenvalue weighted by Gasteiger charge is -2.29. The maximum absolute atomic E-state index is 12.7. The Morgan fingerprint density at radius 3 is 1.97 bits per heavy atom. The molecule has 0 radical (unpaired) electrons. The number of aliphatic carboxylic acids is 1. The van der Waals surface area contributed by atoms with E-state index in [0.29, 0.717) is 36.8 Å². The molecule has 7 nitrogen and oxygen atoms in total. The monoisotopic (exact) mass is 466 g/mol. The standard InChI is InChI=1S/C22H28Cl2N4O3/c23-10-12-26-28(27-13-11-24)20(22(30)31)15-17-6-8-18(9-7-17)21(29)19(25)14-16-4-2-1-3-5-16/h1-9,19-20,26-27H,10-15,25H2,(H,30,31). The summed E-state index contributed by atoms with van der Waals surface area (Å²) in [5.41, 5.74) is 14.3. The van der Waals surface area contributed by atoms with Crippen LogP contribution in [0.15, 0.2) is 54.6 Å². The summed E-state index contributed by atoms with van der Waals surface area (Å²) in [6, 6.07) is 14.9. The van der Waals surface area contributed by atoms with Crippen molar-refractivity contribution in [1.82, 2.24) is 16.0 Å². The highest BCUT2D eigenvalue weighted by Crippen LogP contribution is 2.13. The molecule has 31 heavy (non-hydrogen) atoms. The number of halogens is 2. The van der Waals surface area contributed by atoms with Gasteiger partial charge < -0.3 is 10.8 Å². The van der Waals surface area contributed by atoms with Gasteiger partial charge in [-0.05, 0) is 17.5 Å². The molecular weight excluding hydrogens is 439 g/mol. The van der Waals surface area contributed by atoms with Crippen molar-refractivity contribution in [3.63, 3.8) is 0 Å². The van der Waals surface area contributed by atoms with Gasteiger partial charge in [-0.3, -0.25) is 9.59 Å². The summed E-state index contributed by atoms with van der Waals surface area (Å²) >= 11 is 11.4. The van der Waals surface area contributed by atoms with Crippen LogP contribution < -0.4 is 16.6 Å². The van der Waals surface area contributed by atoms with Crippen LogP contribution in [0.25, 0.3) is 0 Å². The van der Waals surface area contributed by atoms with E-state index in [1.54, 1.807) is 24.3 Å². The summed E-state index contributed by atoms with van der Waals surface area (Å²) < 4.78 is 0. The van der Waals surface area contributed by atoms with E-state index in [2.05, 4.69) is 10.9 Å². The minimum atomic E-state index is -1.01. The van der Waals surface area contributed by atoms with Gasteiger partial charge in [0.1, 0.15) is 6.04 Å². The number of hydrogen-bond acceptors (Lipinski definition) is 6. The number of carboxylic acids is 1. The maximum atomic E-state index is 12.7. The zero-order valence-corrected chi connectivity index (χ0v) is 18.6. The topological polar surface area (TPSA) is 108 Å². The van der Waals surface area contributed by atoms with E-state index in [1.165, 1.54) is 5.12 Å². The number of hydrazine groups is 2. The molecule has 0 aromatic heterocycles. The van der Waals surface area contributed by atoms with Crippen LogP contribution in [0.4, 0.5) is 0 Å². The van der Waals surface area contributed by atoms with Crippen molar-refractivity contribution >= 4 is 35.0 Å². The van der Waals surface area contributed by atoms with Crippen LogP contribution in [0.5, 0.6) is 0 Å². The highest BCUT2D eigenvalue weighted by atomic mass is 35.5. The molecule has 2 unspecified atom stereocenters. The van der Waals surface area contributed by atoms with E-state index in [1.807, 2.05) is 30.3 Å². The molecule has 0 amide bonds. The fraction of sp³-hybridized carbons (Fsp3) is 0.364. The summed E-state index contributed by atoms with van der Waals surface area (Å²) in [5.74, 6) is -0.509. The molecule has 2 aromatic carbocycles. The largest absolute Gasteiger partial charge is 0.480 e. The predicted molar refractivity (Wildman–Crippen MR) is 123 cm³/mol. The van der Waals surface area contributed by atoms with Gasteiger partial charge in [0.2, 0.25) is 0 Å². The molecule has 2 rings (SSSR count). The van der Waals surface area contributed by atoms with Gasteiger partial charge in [-0.25, -0.2) is 10.9 Å². The Bertz CT molecular complexity index is 813. The van der Waals surface area contributed by atoms with Crippen LogP contribution in [0, 0.1) is 0 Å². The number of carbonyl (C=O) groups is 2. The van der Waals surface area contributed by atoms with Crippen molar-refractivity contribution in [3.05, 3.63) is 71.3 Å². The molecule has 168 valence electrons. The molecule has 0 bridgehead atoms. The van der Waals surface area contributed by atoms with Crippen molar-refractivity contribution in [2.45, 2.75) is 24.9 Å². The summed E-state index contributed by atoms with van der Waals surface area (Å²) in [6.07, 6.45) is 0.667. The van der Waals surface area contributed by atoms with Crippen LogP contribution in [0.3, 0.4) is 0 Å². The van der Waals surface area contributed by atoms with Gasteiger partial charge >= 0.3 is 5.97 Å². The Balaban J connectivity index is 2.05. The van der Waals surface area contributed by atoms with Gasteiger partial charge in [0.05, 0.1) is 6.04 Å². The molecule has 0 fully saturated rings. The Kier molecular flexibility index (Phi) is 10.9. The Hall–Kier alpha value is -2.00. The number of nitrogens with zero attached hydrogens (tertiary/aromatic N) is 1. The third kappa shape index (κ3) is 8.22. The summed E-state index contributed by atoms with van der Waals surface area (Å²) in [6.45, 7) is 0.792. The van der Waals surface area contributed by atoms with E-state index in [4.69, 9.17) is 28.9 Å². The maximum Gasteiger partial charge on any atom is 0.324 e. The first-order valence-electron chi connectivity index (χ1n) is 10.00. The summed E-state index contributed by atoms with van der Waals surface area (Å²) in [5, 5.41) is 11.1. The van der Waals surface area contributed by atoms with Crippen LogP contribution >= 0.6 is 23.2 Å². The molecule has 0 aliphatic carbocycles. The van der Waals surface area contributed by atoms with Crippen molar-refractivity contribution in [2.75, 3.05) is 24.8 Å². The molecule has 0 heterocycles. The number of rotatable bonds is 14. The minimum Gasteiger partial charge on any atom is -0.480 e. The van der Waals surface area contributed by atoms with Crippen molar-refractivity contribution < 1.29 is 14.7 Å². The molecule has 0 saturated carbocycles. The van der Waals surface area contributed by atoms with Crippen LogP contribution in [-0.4, -0.2) is 58.9 Å². The average molecular weight is 467 g/mol. The summed E-state index contributed by atoms with van der Waals surface area (Å²) in [4.78, 5) is 24.5. The second-order valence-corrected chi connectivity index (χ2v) is 7.74. The number of ketones is 1. The third-order valence-electron chi connectivity index (χ3n) is 4.65. The lowest BCUT2D eigenvalue weighted by molar-refractivity contribution is -0.146. The quantitative estimate of drug-likeness (QED) is 0.192. The normalized spacial score (nSPS) is 13.2. The van der Waals surface area contributed by atoms with E-state index in [9.17, 15) is 14.7 Å². The lowest BCUT2D eigenvalue weighted by Crippen LogP contribution is -2.58. The Morgan fingerprint density at radius 2 is 1.45 bits per heavy atom. The first-order chi connectivity index (χ1) is 15.0. The molecule has 2 atom stereocenters. The molecule has 0 saturated heterocycles. The van der Waals surface area contributed by atoms with Gasteiger partial charge in [-0.15, -0.1) is 23.2 Å². The van der Waals surface area contributed by atoms with E-state index in [0.717, 1.165) is 11.1 Å². The molecule has 0 spiro atoms. The molecule has 5 N–H and O–H groups in total. The van der Waals surface area contributed by atoms with Gasteiger partial charge in [0, 0.05) is 36.8 Å². The van der Waals surface area contributed by atoms with Gasteiger partial charge in [-0.1, -0.05) is 54.6 Å². The van der Waals surface area contributed by atoms with Crippen molar-refractivity contribution in [2.24, 2.45) is 5.73 Å². The number of carbonyl (C=O) groups excluding carboxylic acids is 1. The highest BCUT2D eigenvalue weighted by molar-refractivity contribution is 6.18. The number of nitrogens with two attached hydrogens (primary N) is 1. The predicted octanol–water partition coefficient (Wildman–Crippen LogP) is 2.22. The third-order valence-corrected chi connectivity index (χ3v) is 5.03. The van der Waals surface area contributed by atoms with Gasteiger partial charge in [0.15, 0.2) is 5.78 Å². The molecule has 9 heteroatoms. The van der Waals surface area contributed by atoms with Gasteiger partial charge in [0.25, 0.3) is 0 Å². The molecule has 0 aliphatic rings. The Morgan fingerprint density at radius 1 is 0.903 bits per heavy atom. The molecular formula is C22H28Cl2N4O3. The highest BCUT2D eigenvalue weighted by Gasteiger charge is 2.26. The average Bonchev–Trinajstić information content (AvgIpc) is 2.78. The molecule has 2 aromatic rings. The van der Waals surface area contributed by atoms with E-state index >= 15 is 0 Å². The van der Waals surface area contributed by atoms with Crippen LogP contribution in [-0.2, 0) is 17.6 Å². The molecule has 0 aliphatic heterocycles. The lowest BCUT2D eigenvalue weighted by atomic mass is 9.96. The number of alkyl halides is 2. The zero-order valence-electron chi connectivity index (χ0n) is 17.1. The number of hydrogen-bond donors (Lipinski definition) is 4. The van der Waals surface area contributed by atoms with Crippen molar-refractivity contribution in [1.29, 1.82) is 0 Å². The van der Waals surface area contributed by atoms with Gasteiger partial charge in [-0.2, -0.15) is 5.12 Å². The first kappa shape index (κ1) is 25.3. The van der Waals surface area contributed by atoms with E-state index < -0.39 is 18.1 Å². The van der Waals surface area contributed by atoms with E-state index in [-0.39, 0.29) is 12.2 Å². The summed E-state index contributed by atoms with van der Waals surface area (Å²) in [7, 11) is 0. The number of nitrogens with one attached hydrogen (secondary N) is 2. The zero-order chi connectivity index (χ0) is 22.6. The fourth-order valence-corrected chi connectivity index (χ4v) is 3.26. The number of carboxylic acid groups (broad SMARTS) is 1. The number of Topliss-reactive ketones (excluding diaryl/α,β-unsaturated/α-hetero) is 1. The Labute approximate surface area is 192 Å². The number of benzene rings is 2. The smallest absolute Gasteiger partial charge is 0.324 e. The van der Waals surface area contributed by atoms with Crippen LogP contribution in [0.2, 0.25) is 0 Å². The second kappa shape index (κ2) is 13.4. The first-order valence-corrected chi connectivity index (χ1v) is 11.1. The van der Waals surface area contributed by atoms with Crippen LogP contribution in [0.1, 0.15) is 21.5 Å². The fourth-order valence-electron chi connectivity index (χ4n) is 3.09. The minimum absolute atomic E-state index is 0.153.